The van der Waals surface area contributed by atoms with E-state index in [2.05, 4.69) is 20.9 Å². The number of methoxy groups -OCH3 is 1. The van der Waals surface area contributed by atoms with Crippen LogP contribution in [-0.4, -0.2) is 44.4 Å². The Labute approximate surface area is 188 Å². The normalized spacial score (nSPS) is 24.1. The van der Waals surface area contributed by atoms with E-state index in [1.165, 1.54) is 23.6 Å². The number of hydrogen-bond donors (Lipinski definition) is 0. The van der Waals surface area contributed by atoms with Crippen LogP contribution in [0.15, 0.2) is 45.9 Å². The van der Waals surface area contributed by atoms with Crippen LogP contribution in [0.3, 0.4) is 0 Å². The van der Waals surface area contributed by atoms with Gasteiger partial charge in [0.05, 0.1) is 24.4 Å². The largest absolute Gasteiger partial charge is 0.497 e. The molecule has 2 saturated carbocycles. The number of benzene rings is 1. The molecule has 10 heteroatoms. The van der Waals surface area contributed by atoms with E-state index in [1.54, 1.807) is 31.4 Å². The zero-order valence-corrected chi connectivity index (χ0v) is 19.5. The standard InChI is InChI=1S/C21H23BrF2N2O4S/c1-26(11-13-3-5-15(29-2)6-4-13)31(27,28)16-9-19(22)20(25-10-16)30-12-14-7-17-18(8-14)21(17,23)24/h3-6,9-10,14,17-18H,7-8,11-12H2,1-2H3/t14?,17-,18+. The highest BCUT2D eigenvalue weighted by molar-refractivity contribution is 9.10. The van der Waals surface area contributed by atoms with Gasteiger partial charge in [-0.05, 0) is 58.5 Å². The van der Waals surface area contributed by atoms with Crippen LogP contribution in [0.25, 0.3) is 0 Å². The van der Waals surface area contributed by atoms with Crippen molar-refractivity contribution in [1.29, 1.82) is 0 Å². The fourth-order valence-electron chi connectivity index (χ4n) is 4.16. The summed E-state index contributed by atoms with van der Waals surface area (Å²) < 4.78 is 64.9. The van der Waals surface area contributed by atoms with E-state index in [0.717, 1.165) is 5.56 Å². The average molecular weight is 517 g/mol. The first-order valence-corrected chi connectivity index (χ1v) is 12.1. The molecule has 0 aliphatic heterocycles. The highest BCUT2D eigenvalue weighted by Crippen LogP contribution is 2.65. The molecule has 1 aromatic heterocycles. The highest BCUT2D eigenvalue weighted by atomic mass is 79.9. The number of sulfonamides is 1. The molecule has 6 nitrogen and oxygen atoms in total. The Morgan fingerprint density at radius 3 is 2.45 bits per heavy atom. The molecule has 2 aliphatic carbocycles. The molecule has 31 heavy (non-hydrogen) atoms. The number of pyridine rings is 1. The lowest BCUT2D eigenvalue weighted by Crippen LogP contribution is -2.26. The number of ether oxygens (including phenoxy) is 2. The maximum absolute atomic E-state index is 13.3. The van der Waals surface area contributed by atoms with Gasteiger partial charge in [-0.25, -0.2) is 22.2 Å². The fraction of sp³-hybridized carbons (Fsp3) is 0.476. The summed E-state index contributed by atoms with van der Waals surface area (Å²) in [5.41, 5.74) is 0.819. The van der Waals surface area contributed by atoms with Gasteiger partial charge in [-0.3, -0.25) is 0 Å². The van der Waals surface area contributed by atoms with Crippen molar-refractivity contribution in [3.05, 3.63) is 46.6 Å². The van der Waals surface area contributed by atoms with Crippen molar-refractivity contribution < 1.29 is 26.7 Å². The minimum absolute atomic E-state index is 0.0319. The van der Waals surface area contributed by atoms with Gasteiger partial charge in [0.15, 0.2) is 0 Å². The number of aromatic nitrogens is 1. The van der Waals surface area contributed by atoms with Gasteiger partial charge in [0, 0.05) is 25.4 Å². The molecular formula is C21H23BrF2N2O4S. The van der Waals surface area contributed by atoms with E-state index >= 15 is 0 Å². The number of hydrogen-bond acceptors (Lipinski definition) is 5. The van der Waals surface area contributed by atoms with Crippen molar-refractivity contribution in [3.63, 3.8) is 0 Å². The second-order valence-corrected chi connectivity index (χ2v) is 11.0. The van der Waals surface area contributed by atoms with Gasteiger partial charge in [-0.1, -0.05) is 12.1 Å². The van der Waals surface area contributed by atoms with Crippen LogP contribution >= 0.6 is 15.9 Å². The third-order valence-corrected chi connectivity index (χ3v) is 8.39. The number of alkyl halides is 2. The number of rotatable bonds is 8. The summed E-state index contributed by atoms with van der Waals surface area (Å²) in [7, 11) is -0.699. The lowest BCUT2D eigenvalue weighted by Gasteiger charge is -2.18. The van der Waals surface area contributed by atoms with Crippen LogP contribution in [0.4, 0.5) is 8.78 Å². The molecule has 1 unspecified atom stereocenters. The van der Waals surface area contributed by atoms with Crippen molar-refractivity contribution >= 4 is 26.0 Å². The molecule has 1 heterocycles. The van der Waals surface area contributed by atoms with Crippen molar-refractivity contribution in [2.24, 2.45) is 17.8 Å². The number of nitrogens with zero attached hydrogens (tertiary/aromatic N) is 2. The summed E-state index contributed by atoms with van der Waals surface area (Å²) in [5, 5.41) is 0. The van der Waals surface area contributed by atoms with Gasteiger partial charge in [-0.15, -0.1) is 0 Å². The van der Waals surface area contributed by atoms with Crippen LogP contribution in [0.1, 0.15) is 18.4 Å². The Bertz CT molecular complexity index is 1050. The minimum atomic E-state index is -3.77. The zero-order valence-electron chi connectivity index (χ0n) is 17.1. The summed E-state index contributed by atoms with van der Waals surface area (Å²) in [6.07, 6.45) is 2.16. The summed E-state index contributed by atoms with van der Waals surface area (Å²) in [4.78, 5) is 4.17. The molecule has 2 aromatic rings. The Kier molecular flexibility index (Phi) is 5.99. The summed E-state index contributed by atoms with van der Waals surface area (Å²) in [6.45, 7) is 0.481. The first-order chi connectivity index (χ1) is 14.6. The smallest absolute Gasteiger partial charge is 0.254 e. The van der Waals surface area contributed by atoms with Crippen LogP contribution in [0, 0.1) is 17.8 Å². The number of fused-ring (bicyclic) bond motifs is 1. The molecule has 1 aromatic carbocycles. The van der Waals surface area contributed by atoms with Gasteiger partial charge in [0.2, 0.25) is 15.9 Å². The Morgan fingerprint density at radius 1 is 1.23 bits per heavy atom. The lowest BCUT2D eigenvalue weighted by molar-refractivity contribution is 0.0577. The molecule has 2 aliphatic rings. The Morgan fingerprint density at radius 2 is 1.87 bits per heavy atom. The zero-order chi connectivity index (χ0) is 22.4. The van der Waals surface area contributed by atoms with Crippen molar-refractivity contribution in [1.82, 2.24) is 9.29 Å². The van der Waals surface area contributed by atoms with Gasteiger partial charge < -0.3 is 9.47 Å². The molecule has 0 bridgehead atoms. The predicted molar refractivity (Wildman–Crippen MR) is 114 cm³/mol. The molecule has 168 valence electrons. The van der Waals surface area contributed by atoms with Crippen molar-refractivity contribution in [2.45, 2.75) is 30.2 Å². The summed E-state index contributed by atoms with van der Waals surface area (Å²) >= 11 is 3.32. The molecule has 0 amide bonds. The van der Waals surface area contributed by atoms with Gasteiger partial charge >= 0.3 is 0 Å². The first kappa shape index (κ1) is 22.4. The van der Waals surface area contributed by atoms with Crippen LogP contribution in [0.5, 0.6) is 11.6 Å². The second-order valence-electron chi connectivity index (χ2n) is 8.10. The quantitative estimate of drug-likeness (QED) is 0.521. The average Bonchev–Trinajstić information content (AvgIpc) is 3.07. The summed E-state index contributed by atoms with van der Waals surface area (Å²) in [6, 6.07) is 8.60. The Balaban J connectivity index is 1.37. The second kappa shape index (κ2) is 8.29. The van der Waals surface area contributed by atoms with Gasteiger partial charge in [0.25, 0.3) is 5.92 Å². The monoisotopic (exact) mass is 516 g/mol. The third kappa shape index (κ3) is 4.42. The van der Waals surface area contributed by atoms with Crippen LogP contribution in [0.2, 0.25) is 0 Å². The van der Waals surface area contributed by atoms with E-state index in [-0.39, 0.29) is 29.8 Å². The lowest BCUT2D eigenvalue weighted by atomic mass is 10.0. The van der Waals surface area contributed by atoms with E-state index in [1.807, 2.05) is 0 Å². The first-order valence-electron chi connectivity index (χ1n) is 9.88. The van der Waals surface area contributed by atoms with E-state index < -0.39 is 27.8 Å². The summed E-state index contributed by atoms with van der Waals surface area (Å²) in [5.74, 6) is -2.49. The number of halogens is 3. The van der Waals surface area contributed by atoms with Gasteiger partial charge in [-0.2, -0.15) is 4.31 Å². The predicted octanol–water partition coefficient (Wildman–Crippen LogP) is 4.34. The molecule has 0 radical (unpaired) electrons. The van der Waals surface area contributed by atoms with Crippen molar-refractivity contribution in [2.75, 3.05) is 20.8 Å². The van der Waals surface area contributed by atoms with E-state index in [4.69, 9.17) is 9.47 Å². The van der Waals surface area contributed by atoms with Gasteiger partial charge in [0.1, 0.15) is 10.6 Å². The van der Waals surface area contributed by atoms with E-state index in [0.29, 0.717) is 23.1 Å². The SMILES string of the molecule is COc1ccc(CN(C)S(=O)(=O)c2cnc(OCC3C[C@@H]4[C@H](C3)C4(F)F)c(Br)c2)cc1. The van der Waals surface area contributed by atoms with Crippen LogP contribution < -0.4 is 9.47 Å². The molecular weight excluding hydrogens is 494 g/mol. The molecule has 0 saturated heterocycles. The molecule has 3 atom stereocenters. The van der Waals surface area contributed by atoms with Crippen molar-refractivity contribution in [3.8, 4) is 11.6 Å². The molecule has 0 spiro atoms. The molecule has 2 fully saturated rings. The Hall–Kier alpha value is -1.78. The molecule has 4 rings (SSSR count). The highest BCUT2D eigenvalue weighted by Gasteiger charge is 2.71. The topological polar surface area (TPSA) is 68.7 Å². The maximum Gasteiger partial charge on any atom is 0.254 e. The van der Waals surface area contributed by atoms with E-state index in [9.17, 15) is 17.2 Å². The maximum atomic E-state index is 13.3. The fourth-order valence-corrected chi connectivity index (χ4v) is 5.91. The molecule has 0 N–H and O–H groups in total. The van der Waals surface area contributed by atoms with Crippen LogP contribution in [-0.2, 0) is 16.6 Å². The minimum Gasteiger partial charge on any atom is -0.497 e. The third-order valence-electron chi connectivity index (χ3n) is 6.05.